The van der Waals surface area contributed by atoms with Gasteiger partial charge in [0.1, 0.15) is 12.5 Å². The van der Waals surface area contributed by atoms with Crippen LogP contribution in [0.2, 0.25) is 0 Å². The highest BCUT2D eigenvalue weighted by Gasteiger charge is 2.26. The molecule has 0 saturated heterocycles. The van der Waals surface area contributed by atoms with E-state index in [4.69, 9.17) is 21.1 Å². The number of nitrogens with one attached hydrogen (secondary N) is 2. The fourth-order valence-corrected chi connectivity index (χ4v) is 2.52. The maximum Gasteiger partial charge on any atom is 0.408 e. The number of rotatable bonds is 8. The number of halogens is 1. The molecule has 2 amide bonds. The zero-order valence-corrected chi connectivity index (χ0v) is 16.9. The summed E-state index contributed by atoms with van der Waals surface area (Å²) in [7, 11) is 0. The van der Waals surface area contributed by atoms with E-state index in [0.717, 1.165) is 5.56 Å². The minimum Gasteiger partial charge on any atom is -0.461 e. The third-order valence-corrected chi connectivity index (χ3v) is 3.93. The molecule has 0 radical (unpaired) electrons. The predicted molar refractivity (Wildman–Crippen MR) is 110 cm³/mol. The molecule has 0 fully saturated rings. The van der Waals surface area contributed by atoms with Crippen LogP contribution >= 0.6 is 11.6 Å². The number of hydrogen-bond acceptors (Lipinski definition) is 5. The van der Waals surface area contributed by atoms with Crippen LogP contribution in [0, 0.1) is 0 Å². The molecule has 0 heterocycles. The van der Waals surface area contributed by atoms with Gasteiger partial charge in [-0.1, -0.05) is 42.5 Å². The molecule has 1 atom stereocenters. The van der Waals surface area contributed by atoms with Crippen molar-refractivity contribution in [2.45, 2.75) is 32.6 Å². The van der Waals surface area contributed by atoms with Gasteiger partial charge in [-0.25, -0.2) is 9.59 Å². The Kier molecular flexibility index (Phi) is 8.48. The van der Waals surface area contributed by atoms with Crippen molar-refractivity contribution in [2.24, 2.45) is 0 Å². The van der Waals surface area contributed by atoms with Crippen molar-refractivity contribution < 1.29 is 23.9 Å². The molecule has 0 aliphatic rings. The first kappa shape index (κ1) is 22.2. The highest BCUT2D eigenvalue weighted by Crippen LogP contribution is 2.20. The average molecular weight is 419 g/mol. The van der Waals surface area contributed by atoms with E-state index in [1.807, 2.05) is 30.3 Å². The summed E-state index contributed by atoms with van der Waals surface area (Å²) >= 11 is 5.51. The number of benzene rings is 2. The van der Waals surface area contributed by atoms with Crippen LogP contribution in [-0.4, -0.2) is 30.0 Å². The van der Waals surface area contributed by atoms with Gasteiger partial charge in [0.05, 0.1) is 6.10 Å². The Balaban J connectivity index is 2.14. The zero-order valence-electron chi connectivity index (χ0n) is 16.2. The van der Waals surface area contributed by atoms with Crippen LogP contribution in [0.3, 0.4) is 0 Å². The van der Waals surface area contributed by atoms with Gasteiger partial charge in [-0.15, -0.1) is 11.6 Å². The van der Waals surface area contributed by atoms with Crippen LogP contribution in [0.1, 0.15) is 31.0 Å². The Bertz CT molecular complexity index is 842. The molecule has 154 valence electrons. The quantitative estimate of drug-likeness (QED) is 0.502. The predicted octanol–water partition coefficient (Wildman–Crippen LogP) is 3.78. The monoisotopic (exact) mass is 418 g/mol. The second-order valence-electron chi connectivity index (χ2n) is 6.43. The first-order chi connectivity index (χ1) is 13.9. The molecule has 0 bridgehead atoms. The van der Waals surface area contributed by atoms with Gasteiger partial charge in [0, 0.05) is 5.69 Å². The van der Waals surface area contributed by atoms with Crippen molar-refractivity contribution in [3.8, 4) is 0 Å². The van der Waals surface area contributed by atoms with Crippen molar-refractivity contribution in [1.82, 2.24) is 5.32 Å². The first-order valence-electron chi connectivity index (χ1n) is 9.02. The fourth-order valence-electron chi connectivity index (χ4n) is 2.45. The number of amides is 2. The lowest BCUT2D eigenvalue weighted by Crippen LogP contribution is -2.36. The highest BCUT2D eigenvalue weighted by molar-refractivity contribution is 6.29. The van der Waals surface area contributed by atoms with E-state index in [9.17, 15) is 14.4 Å². The Morgan fingerprint density at radius 3 is 2.41 bits per heavy atom. The highest BCUT2D eigenvalue weighted by atomic mass is 35.5. The number of esters is 1. The SMILES string of the molecule is CC(C)OC(=O)[C@H](NC(=O)OCc1ccccc1)c1cccc(NC(=O)CCl)c1. The lowest BCUT2D eigenvalue weighted by molar-refractivity contribution is -0.150. The van der Waals surface area contributed by atoms with Gasteiger partial charge in [-0.2, -0.15) is 0 Å². The third-order valence-electron chi connectivity index (χ3n) is 3.69. The smallest absolute Gasteiger partial charge is 0.408 e. The molecule has 2 N–H and O–H groups in total. The molecule has 2 aromatic rings. The fraction of sp³-hybridized carbons (Fsp3) is 0.286. The van der Waals surface area contributed by atoms with E-state index in [1.54, 1.807) is 38.1 Å². The lowest BCUT2D eigenvalue weighted by atomic mass is 10.1. The molecule has 2 rings (SSSR count). The number of anilines is 1. The topological polar surface area (TPSA) is 93.7 Å². The van der Waals surface area contributed by atoms with Crippen LogP contribution < -0.4 is 10.6 Å². The zero-order chi connectivity index (χ0) is 21.2. The van der Waals surface area contributed by atoms with Crippen LogP contribution in [0.25, 0.3) is 0 Å². The van der Waals surface area contributed by atoms with Crippen LogP contribution in [0.15, 0.2) is 54.6 Å². The minimum atomic E-state index is -1.10. The third kappa shape index (κ3) is 7.46. The van der Waals surface area contributed by atoms with Crippen LogP contribution in [-0.2, 0) is 25.7 Å². The van der Waals surface area contributed by atoms with Gasteiger partial charge < -0.3 is 20.1 Å². The molecule has 0 unspecified atom stereocenters. The molecule has 2 aromatic carbocycles. The molecule has 8 heteroatoms. The second-order valence-corrected chi connectivity index (χ2v) is 6.70. The summed E-state index contributed by atoms with van der Waals surface area (Å²) in [5.41, 5.74) is 1.68. The summed E-state index contributed by atoms with van der Waals surface area (Å²) in [4.78, 5) is 36.3. The first-order valence-corrected chi connectivity index (χ1v) is 9.56. The van der Waals surface area contributed by atoms with E-state index in [0.29, 0.717) is 11.3 Å². The minimum absolute atomic E-state index is 0.0600. The van der Waals surface area contributed by atoms with Gasteiger partial charge in [0.25, 0.3) is 0 Å². The summed E-state index contributed by atoms with van der Waals surface area (Å²) < 4.78 is 10.5. The van der Waals surface area contributed by atoms with E-state index in [1.165, 1.54) is 0 Å². The van der Waals surface area contributed by atoms with Crippen molar-refractivity contribution in [2.75, 3.05) is 11.2 Å². The summed E-state index contributed by atoms with van der Waals surface area (Å²) in [6.07, 6.45) is -1.14. The number of alkyl halides is 1. The molecule has 7 nitrogen and oxygen atoms in total. The van der Waals surface area contributed by atoms with Crippen molar-refractivity contribution >= 4 is 35.3 Å². The van der Waals surface area contributed by atoms with Crippen molar-refractivity contribution in [1.29, 1.82) is 0 Å². The molecule has 0 aliphatic heterocycles. The van der Waals surface area contributed by atoms with E-state index in [-0.39, 0.29) is 24.5 Å². The Morgan fingerprint density at radius 2 is 1.76 bits per heavy atom. The van der Waals surface area contributed by atoms with Gasteiger partial charge in [0.2, 0.25) is 5.91 Å². The standard InChI is InChI=1S/C21H23ClN2O5/c1-14(2)29-20(26)19(16-9-6-10-17(11-16)23-18(25)12-22)24-21(27)28-13-15-7-4-3-5-8-15/h3-11,14,19H,12-13H2,1-2H3,(H,23,25)(H,24,27)/t19-/m1/s1. The molecule has 0 aliphatic carbocycles. The number of ether oxygens (including phenoxy) is 2. The van der Waals surface area contributed by atoms with Crippen LogP contribution in [0.4, 0.5) is 10.5 Å². The lowest BCUT2D eigenvalue weighted by Gasteiger charge is -2.20. The summed E-state index contributed by atoms with van der Waals surface area (Å²) in [5, 5.41) is 5.13. The molecule has 0 aromatic heterocycles. The number of alkyl carbamates (subject to hydrolysis) is 1. The maximum atomic E-state index is 12.6. The van der Waals surface area contributed by atoms with E-state index < -0.39 is 18.1 Å². The number of carbonyl (C=O) groups excluding carboxylic acids is 3. The second kappa shape index (κ2) is 11.1. The summed E-state index contributed by atoms with van der Waals surface area (Å²) in [6, 6.07) is 14.6. The van der Waals surface area contributed by atoms with Gasteiger partial charge in [0.15, 0.2) is 6.04 Å². The van der Waals surface area contributed by atoms with Crippen molar-refractivity contribution in [3.05, 3.63) is 65.7 Å². The maximum absolute atomic E-state index is 12.6. The van der Waals surface area contributed by atoms with Crippen LogP contribution in [0.5, 0.6) is 0 Å². The molecule has 0 saturated carbocycles. The normalized spacial score (nSPS) is 11.4. The molecule has 0 spiro atoms. The van der Waals surface area contributed by atoms with Gasteiger partial charge in [-0.3, -0.25) is 4.79 Å². The largest absolute Gasteiger partial charge is 0.461 e. The molecule has 29 heavy (non-hydrogen) atoms. The molecular weight excluding hydrogens is 396 g/mol. The molecular formula is C21H23ClN2O5. The summed E-state index contributed by atoms with van der Waals surface area (Å²) in [6.45, 7) is 3.48. The number of hydrogen-bond donors (Lipinski definition) is 2. The Labute approximate surface area is 174 Å². The number of carbonyl (C=O) groups is 3. The van der Waals surface area contributed by atoms with E-state index in [2.05, 4.69) is 10.6 Å². The van der Waals surface area contributed by atoms with Gasteiger partial charge >= 0.3 is 12.1 Å². The summed E-state index contributed by atoms with van der Waals surface area (Å²) in [5.74, 6) is -1.23. The Morgan fingerprint density at radius 1 is 1.03 bits per heavy atom. The van der Waals surface area contributed by atoms with E-state index >= 15 is 0 Å². The van der Waals surface area contributed by atoms with Gasteiger partial charge in [-0.05, 0) is 37.1 Å². The average Bonchev–Trinajstić information content (AvgIpc) is 2.70. The van der Waals surface area contributed by atoms with Crippen molar-refractivity contribution in [3.63, 3.8) is 0 Å². The Hall–Kier alpha value is -3.06.